The number of H-pyrrole nitrogens is 1. The molecule has 2 rings (SSSR count). The zero-order chi connectivity index (χ0) is 7.84. The molecule has 0 unspecified atom stereocenters. The molecule has 2 aromatic rings. The molecule has 0 bridgehead atoms. The van der Waals surface area contributed by atoms with E-state index in [1.807, 2.05) is 13.0 Å². The van der Waals surface area contributed by atoms with Crippen molar-refractivity contribution in [2.45, 2.75) is 6.92 Å². The van der Waals surface area contributed by atoms with E-state index < -0.39 is 0 Å². The summed E-state index contributed by atoms with van der Waals surface area (Å²) in [6.07, 6.45) is 1.75. The monoisotopic (exact) mass is 211 g/mol. The first-order valence-electron chi connectivity index (χ1n) is 3.24. The Kier molecular flexibility index (Phi) is 1.42. The van der Waals surface area contributed by atoms with E-state index in [1.54, 1.807) is 6.20 Å². The van der Waals surface area contributed by atoms with E-state index in [1.165, 1.54) is 0 Å². The van der Waals surface area contributed by atoms with Crippen LogP contribution in [0.25, 0.3) is 11.2 Å². The van der Waals surface area contributed by atoms with Crippen molar-refractivity contribution >= 4 is 27.1 Å². The van der Waals surface area contributed by atoms with Crippen LogP contribution < -0.4 is 0 Å². The van der Waals surface area contributed by atoms with Gasteiger partial charge < -0.3 is 4.98 Å². The lowest BCUT2D eigenvalue weighted by Gasteiger charge is -1.90. The lowest BCUT2D eigenvalue weighted by Crippen LogP contribution is -1.78. The van der Waals surface area contributed by atoms with Crippen molar-refractivity contribution in [2.24, 2.45) is 0 Å². The molecule has 0 aromatic carbocycles. The number of aromatic amines is 1. The van der Waals surface area contributed by atoms with E-state index in [-0.39, 0.29) is 0 Å². The second-order valence-electron chi connectivity index (χ2n) is 2.35. The molecule has 2 heterocycles. The maximum Gasteiger partial charge on any atom is 0.178 e. The van der Waals surface area contributed by atoms with Crippen molar-refractivity contribution in [3.05, 3.63) is 22.6 Å². The number of aryl methyl sites for hydroxylation is 1. The van der Waals surface area contributed by atoms with Crippen LogP contribution in [-0.2, 0) is 0 Å². The van der Waals surface area contributed by atoms with Crippen LogP contribution in [0.15, 0.2) is 17.0 Å². The van der Waals surface area contributed by atoms with E-state index in [9.17, 15) is 0 Å². The number of imidazole rings is 1. The average molecular weight is 212 g/mol. The molecule has 4 heteroatoms. The normalized spacial score (nSPS) is 10.7. The van der Waals surface area contributed by atoms with Gasteiger partial charge in [-0.3, -0.25) is 0 Å². The molecule has 0 aliphatic heterocycles. The molecule has 11 heavy (non-hydrogen) atoms. The molecule has 0 aliphatic carbocycles. The minimum absolute atomic E-state index is 0.731. The number of halogens is 1. The fourth-order valence-electron chi connectivity index (χ4n) is 1.01. The Morgan fingerprint density at radius 2 is 2.36 bits per heavy atom. The van der Waals surface area contributed by atoms with Gasteiger partial charge in [-0.2, -0.15) is 0 Å². The van der Waals surface area contributed by atoms with Crippen molar-refractivity contribution in [3.63, 3.8) is 0 Å². The highest BCUT2D eigenvalue weighted by molar-refractivity contribution is 9.10. The van der Waals surface area contributed by atoms with Gasteiger partial charge in [0.15, 0.2) is 10.4 Å². The summed E-state index contributed by atoms with van der Waals surface area (Å²) in [7, 11) is 0. The quantitative estimate of drug-likeness (QED) is 0.725. The number of fused-ring (bicyclic) bond motifs is 1. The van der Waals surface area contributed by atoms with Crippen LogP contribution >= 0.6 is 15.9 Å². The summed E-state index contributed by atoms with van der Waals surface area (Å²) in [4.78, 5) is 11.3. The summed E-state index contributed by atoms with van der Waals surface area (Å²) in [5.74, 6) is 0. The highest BCUT2D eigenvalue weighted by Gasteiger charge is 2.01. The van der Waals surface area contributed by atoms with Gasteiger partial charge in [-0.25, -0.2) is 9.97 Å². The lowest BCUT2D eigenvalue weighted by molar-refractivity contribution is 1.24. The SMILES string of the molecule is Cc1ccnc2nc(Br)[nH]c12. The molecule has 1 N–H and O–H groups in total. The zero-order valence-corrected chi connectivity index (χ0v) is 7.51. The van der Waals surface area contributed by atoms with Gasteiger partial charge in [-0.1, -0.05) is 0 Å². The molecule has 0 fully saturated rings. The number of pyridine rings is 1. The van der Waals surface area contributed by atoms with Gasteiger partial charge in [0, 0.05) is 6.20 Å². The molecule has 0 saturated heterocycles. The highest BCUT2D eigenvalue weighted by atomic mass is 79.9. The van der Waals surface area contributed by atoms with Crippen LogP contribution in [0.4, 0.5) is 0 Å². The molecule has 0 saturated carbocycles. The molecule has 2 aromatic heterocycles. The number of nitrogens with zero attached hydrogens (tertiary/aromatic N) is 2. The Bertz CT molecular complexity index is 393. The maximum absolute atomic E-state index is 4.12. The largest absolute Gasteiger partial charge is 0.331 e. The van der Waals surface area contributed by atoms with E-state index in [0.29, 0.717) is 0 Å². The predicted molar refractivity (Wildman–Crippen MR) is 46.3 cm³/mol. The maximum atomic E-state index is 4.12. The van der Waals surface area contributed by atoms with Gasteiger partial charge in [0.05, 0.1) is 5.52 Å². The standard InChI is InChI=1S/C7H6BrN3/c1-4-2-3-9-6-5(4)10-7(8)11-6/h2-3H,1H3,(H,9,10,11). The number of aromatic nitrogens is 3. The summed E-state index contributed by atoms with van der Waals surface area (Å²) in [5, 5.41) is 0. The van der Waals surface area contributed by atoms with Crippen LogP contribution in [0.3, 0.4) is 0 Å². The third-order valence-corrected chi connectivity index (χ3v) is 1.95. The van der Waals surface area contributed by atoms with Crippen LogP contribution in [0.5, 0.6) is 0 Å². The van der Waals surface area contributed by atoms with Crippen molar-refractivity contribution in [3.8, 4) is 0 Å². The van der Waals surface area contributed by atoms with E-state index >= 15 is 0 Å². The van der Waals surface area contributed by atoms with Gasteiger partial charge in [0.25, 0.3) is 0 Å². The summed E-state index contributed by atoms with van der Waals surface area (Å²) >= 11 is 3.25. The van der Waals surface area contributed by atoms with E-state index in [2.05, 4.69) is 30.9 Å². The van der Waals surface area contributed by atoms with Gasteiger partial charge in [0.2, 0.25) is 0 Å². The molecular weight excluding hydrogens is 206 g/mol. The van der Waals surface area contributed by atoms with Crippen molar-refractivity contribution in [1.82, 2.24) is 15.0 Å². The molecule has 0 radical (unpaired) electrons. The second kappa shape index (κ2) is 2.30. The summed E-state index contributed by atoms with van der Waals surface area (Å²) in [6.45, 7) is 2.02. The Morgan fingerprint density at radius 1 is 1.55 bits per heavy atom. The van der Waals surface area contributed by atoms with E-state index in [0.717, 1.165) is 21.5 Å². The number of nitrogens with one attached hydrogen (secondary N) is 1. The smallest absolute Gasteiger partial charge is 0.178 e. The summed E-state index contributed by atoms with van der Waals surface area (Å²) in [5.41, 5.74) is 2.92. The molecule has 0 amide bonds. The third kappa shape index (κ3) is 1.03. The molecule has 0 spiro atoms. The predicted octanol–water partition coefficient (Wildman–Crippen LogP) is 2.03. The van der Waals surface area contributed by atoms with Crippen LogP contribution in [0.1, 0.15) is 5.56 Å². The van der Waals surface area contributed by atoms with Gasteiger partial charge in [-0.05, 0) is 34.5 Å². The van der Waals surface area contributed by atoms with Crippen LogP contribution in [0, 0.1) is 6.92 Å². The number of rotatable bonds is 0. The number of hydrogen-bond acceptors (Lipinski definition) is 2. The summed E-state index contributed by atoms with van der Waals surface area (Å²) in [6, 6.07) is 1.95. The molecule has 0 atom stereocenters. The fourth-order valence-corrected chi connectivity index (χ4v) is 1.37. The van der Waals surface area contributed by atoms with Gasteiger partial charge in [-0.15, -0.1) is 0 Å². The van der Waals surface area contributed by atoms with Crippen LogP contribution in [0.2, 0.25) is 0 Å². The van der Waals surface area contributed by atoms with E-state index in [4.69, 9.17) is 0 Å². The van der Waals surface area contributed by atoms with Crippen molar-refractivity contribution in [1.29, 1.82) is 0 Å². The molecule has 0 aliphatic rings. The van der Waals surface area contributed by atoms with Gasteiger partial charge in [0.1, 0.15) is 0 Å². The second-order valence-corrected chi connectivity index (χ2v) is 3.11. The Morgan fingerprint density at radius 3 is 3.09 bits per heavy atom. The first kappa shape index (κ1) is 6.79. The minimum Gasteiger partial charge on any atom is -0.331 e. The minimum atomic E-state index is 0.731. The number of hydrogen-bond donors (Lipinski definition) is 1. The zero-order valence-electron chi connectivity index (χ0n) is 5.93. The van der Waals surface area contributed by atoms with Crippen molar-refractivity contribution in [2.75, 3.05) is 0 Å². The molecular formula is C7H6BrN3. The highest BCUT2D eigenvalue weighted by Crippen LogP contribution is 2.15. The van der Waals surface area contributed by atoms with Gasteiger partial charge >= 0.3 is 0 Å². The Balaban J connectivity index is 2.90. The lowest BCUT2D eigenvalue weighted by atomic mass is 10.3. The van der Waals surface area contributed by atoms with Crippen molar-refractivity contribution < 1.29 is 0 Å². The third-order valence-electron chi connectivity index (χ3n) is 1.57. The first-order valence-corrected chi connectivity index (χ1v) is 4.03. The molecule has 3 nitrogen and oxygen atoms in total. The summed E-state index contributed by atoms with van der Waals surface area (Å²) < 4.78 is 0.731. The Labute approximate surface area is 72.0 Å². The first-order chi connectivity index (χ1) is 5.27. The fraction of sp³-hybridized carbons (Fsp3) is 0.143. The average Bonchev–Trinajstić information content (AvgIpc) is 2.31. The van der Waals surface area contributed by atoms with Crippen LogP contribution in [-0.4, -0.2) is 15.0 Å². The topological polar surface area (TPSA) is 41.6 Å². The molecule has 56 valence electrons. The Hall–Kier alpha value is -0.900.